The SMILES string of the molecule is COc1c2n(c3ccccc13)[C@@]1(O)C(=O)N(C)C(=O)[C@@]1(O)C1=C2NC2C=CC(Cl)=CC12. The molecule has 0 saturated carbocycles. The number of allylic oxidation sites excluding steroid dienone is 2. The Balaban J connectivity index is 1.81. The van der Waals surface area contributed by atoms with Crippen LogP contribution in [-0.2, 0) is 15.3 Å². The molecule has 31 heavy (non-hydrogen) atoms. The van der Waals surface area contributed by atoms with Crippen molar-refractivity contribution in [2.45, 2.75) is 17.4 Å². The van der Waals surface area contributed by atoms with E-state index in [0.717, 1.165) is 4.90 Å². The summed E-state index contributed by atoms with van der Waals surface area (Å²) in [6.45, 7) is 0. The van der Waals surface area contributed by atoms with Crippen LogP contribution < -0.4 is 10.1 Å². The summed E-state index contributed by atoms with van der Waals surface area (Å²) in [4.78, 5) is 27.4. The quantitative estimate of drug-likeness (QED) is 0.573. The molecule has 3 N–H and O–H groups in total. The number of para-hydroxylation sites is 1. The van der Waals surface area contributed by atoms with E-state index in [-0.39, 0.29) is 11.6 Å². The van der Waals surface area contributed by atoms with Crippen molar-refractivity contribution >= 4 is 40.0 Å². The van der Waals surface area contributed by atoms with Crippen LogP contribution in [0.15, 0.2) is 53.1 Å². The summed E-state index contributed by atoms with van der Waals surface area (Å²) in [5, 5.41) is 28.3. The molecule has 0 bridgehead atoms. The van der Waals surface area contributed by atoms with Crippen molar-refractivity contribution in [3.8, 4) is 5.75 Å². The number of hydrogen-bond acceptors (Lipinski definition) is 6. The summed E-state index contributed by atoms with van der Waals surface area (Å²) in [6, 6.07) is 6.75. The largest absolute Gasteiger partial charge is 0.494 e. The summed E-state index contributed by atoms with van der Waals surface area (Å²) in [5.41, 5.74) is -3.59. The third-order valence-corrected chi connectivity index (χ3v) is 7.06. The minimum atomic E-state index is -2.58. The van der Waals surface area contributed by atoms with E-state index in [1.54, 1.807) is 30.4 Å². The lowest BCUT2D eigenvalue weighted by Gasteiger charge is -2.41. The third-order valence-electron chi connectivity index (χ3n) is 6.81. The molecule has 0 spiro atoms. The van der Waals surface area contributed by atoms with E-state index in [9.17, 15) is 19.8 Å². The molecule has 1 aliphatic carbocycles. The fourth-order valence-corrected chi connectivity index (χ4v) is 5.70. The summed E-state index contributed by atoms with van der Waals surface area (Å²) < 4.78 is 7.03. The first-order valence-corrected chi connectivity index (χ1v) is 10.2. The van der Waals surface area contributed by atoms with Crippen molar-refractivity contribution in [1.82, 2.24) is 14.8 Å². The topological polar surface area (TPSA) is 104 Å². The van der Waals surface area contributed by atoms with Crippen LogP contribution in [0.5, 0.6) is 5.75 Å². The van der Waals surface area contributed by atoms with E-state index in [1.807, 2.05) is 12.1 Å². The predicted molar refractivity (Wildman–Crippen MR) is 112 cm³/mol. The van der Waals surface area contributed by atoms with Gasteiger partial charge in [0.15, 0.2) is 5.75 Å². The summed E-state index contributed by atoms with van der Waals surface area (Å²) in [7, 11) is 2.76. The second kappa shape index (κ2) is 5.59. The number of benzene rings is 1. The van der Waals surface area contributed by atoms with Crippen LogP contribution in [-0.4, -0.2) is 57.3 Å². The Morgan fingerprint density at radius 1 is 1.19 bits per heavy atom. The first-order valence-electron chi connectivity index (χ1n) is 9.79. The van der Waals surface area contributed by atoms with Crippen LogP contribution in [0.1, 0.15) is 5.69 Å². The molecule has 8 nitrogen and oxygen atoms in total. The number of methoxy groups -OCH3 is 1. The van der Waals surface area contributed by atoms with Gasteiger partial charge in [-0.15, -0.1) is 0 Å². The van der Waals surface area contributed by atoms with Gasteiger partial charge < -0.3 is 20.3 Å². The van der Waals surface area contributed by atoms with Gasteiger partial charge in [-0.05, 0) is 18.2 Å². The van der Waals surface area contributed by atoms with E-state index < -0.39 is 29.1 Å². The number of likely N-dealkylation sites (tertiary alicyclic amines) is 1. The number of aliphatic hydroxyl groups is 2. The van der Waals surface area contributed by atoms with Gasteiger partial charge in [0, 0.05) is 29.0 Å². The molecule has 4 heterocycles. The average molecular weight is 440 g/mol. The molecular formula is C22H18ClN3O5. The van der Waals surface area contributed by atoms with E-state index in [2.05, 4.69) is 5.32 Å². The number of imide groups is 1. The number of likely N-dealkylation sites (N-methyl/N-ethyl adjacent to an activating group) is 1. The van der Waals surface area contributed by atoms with Crippen molar-refractivity contribution in [1.29, 1.82) is 0 Å². The van der Waals surface area contributed by atoms with Gasteiger partial charge in [0.25, 0.3) is 17.5 Å². The van der Waals surface area contributed by atoms with Gasteiger partial charge in [-0.3, -0.25) is 19.1 Å². The number of rotatable bonds is 1. The number of nitrogens with zero attached hydrogens (tertiary/aromatic N) is 2. The lowest BCUT2D eigenvalue weighted by atomic mass is 9.73. The highest BCUT2D eigenvalue weighted by Gasteiger charge is 2.76. The molecule has 1 saturated heterocycles. The highest BCUT2D eigenvalue weighted by Crippen LogP contribution is 2.58. The minimum Gasteiger partial charge on any atom is -0.494 e. The molecule has 4 atom stereocenters. The zero-order valence-electron chi connectivity index (χ0n) is 16.6. The zero-order chi connectivity index (χ0) is 21.9. The molecule has 4 aliphatic rings. The molecule has 158 valence electrons. The lowest BCUT2D eigenvalue weighted by Crippen LogP contribution is -2.62. The van der Waals surface area contributed by atoms with Crippen LogP contribution in [0, 0.1) is 5.92 Å². The molecule has 2 aromatic rings. The number of ether oxygens (including phenoxy) is 1. The Bertz CT molecular complexity index is 1320. The Hall–Kier alpha value is -3.07. The molecule has 1 fully saturated rings. The number of amides is 2. The molecule has 3 aliphatic heterocycles. The van der Waals surface area contributed by atoms with Crippen LogP contribution >= 0.6 is 11.6 Å². The fourth-order valence-electron chi connectivity index (χ4n) is 5.49. The maximum atomic E-state index is 13.3. The lowest BCUT2D eigenvalue weighted by molar-refractivity contribution is -0.182. The van der Waals surface area contributed by atoms with Crippen LogP contribution in [0.25, 0.3) is 16.6 Å². The average Bonchev–Trinajstić information content (AvgIpc) is 3.34. The monoisotopic (exact) mass is 439 g/mol. The van der Waals surface area contributed by atoms with E-state index in [1.165, 1.54) is 18.7 Å². The molecule has 1 aromatic carbocycles. The highest BCUT2D eigenvalue weighted by molar-refractivity contribution is 6.31. The standard InChI is InChI=1S/C22H18ClN3O5/c1-25-19(27)21(29)15-12-9-10(23)7-8-13(12)24-16(15)17-18(31-2)11-5-3-4-6-14(11)26(17)22(21,30)20(25)28/h3-9,12-13,24,29-30H,1-2H3/t12?,13?,21-,22+/m0/s1. The van der Waals surface area contributed by atoms with E-state index >= 15 is 0 Å². The van der Waals surface area contributed by atoms with Crippen molar-refractivity contribution in [2.75, 3.05) is 14.2 Å². The number of carbonyl (C=O) groups is 2. The number of nitrogens with one attached hydrogen (secondary N) is 1. The summed E-state index contributed by atoms with van der Waals surface area (Å²) in [5.74, 6) is -1.92. The number of carbonyl (C=O) groups excluding carboxylic acids is 2. The molecular weight excluding hydrogens is 422 g/mol. The number of fused-ring (bicyclic) bond motifs is 9. The van der Waals surface area contributed by atoms with Gasteiger partial charge in [0.2, 0.25) is 5.60 Å². The van der Waals surface area contributed by atoms with Crippen molar-refractivity contribution < 1.29 is 24.5 Å². The summed E-state index contributed by atoms with van der Waals surface area (Å²) >= 11 is 6.24. The highest BCUT2D eigenvalue weighted by atomic mass is 35.5. The minimum absolute atomic E-state index is 0.207. The molecule has 1 aromatic heterocycles. The Kier molecular flexibility index (Phi) is 3.37. The van der Waals surface area contributed by atoms with Crippen LogP contribution in [0.3, 0.4) is 0 Å². The molecule has 0 radical (unpaired) electrons. The first-order chi connectivity index (χ1) is 14.8. The van der Waals surface area contributed by atoms with Crippen LogP contribution in [0.2, 0.25) is 0 Å². The maximum absolute atomic E-state index is 13.3. The molecule has 2 unspecified atom stereocenters. The number of aromatic nitrogens is 1. The van der Waals surface area contributed by atoms with Gasteiger partial charge in [-0.2, -0.15) is 0 Å². The molecule has 9 heteroatoms. The normalized spacial score (nSPS) is 33.2. The van der Waals surface area contributed by atoms with Gasteiger partial charge in [-0.1, -0.05) is 35.9 Å². The van der Waals surface area contributed by atoms with Gasteiger partial charge in [-0.25, -0.2) is 0 Å². The second-order valence-corrected chi connectivity index (χ2v) is 8.62. The molecule has 6 rings (SSSR count). The zero-order valence-corrected chi connectivity index (χ0v) is 17.3. The smallest absolute Gasteiger partial charge is 0.286 e. The van der Waals surface area contributed by atoms with Gasteiger partial charge >= 0.3 is 0 Å². The maximum Gasteiger partial charge on any atom is 0.286 e. The van der Waals surface area contributed by atoms with E-state index in [4.69, 9.17) is 16.3 Å². The van der Waals surface area contributed by atoms with Crippen LogP contribution in [0.4, 0.5) is 0 Å². The second-order valence-electron chi connectivity index (χ2n) is 8.18. The van der Waals surface area contributed by atoms with Gasteiger partial charge in [0.1, 0.15) is 5.69 Å². The fraction of sp³-hybridized carbons (Fsp3) is 0.273. The van der Waals surface area contributed by atoms with Crippen molar-refractivity contribution in [3.05, 3.63) is 58.8 Å². The number of halogens is 1. The van der Waals surface area contributed by atoms with Crippen molar-refractivity contribution in [2.24, 2.45) is 5.92 Å². The Morgan fingerprint density at radius 2 is 1.94 bits per heavy atom. The number of hydrogen-bond donors (Lipinski definition) is 3. The Labute approximate surface area is 181 Å². The first kappa shape index (κ1) is 18.7. The third kappa shape index (κ3) is 1.82. The summed E-state index contributed by atoms with van der Waals surface area (Å²) in [6.07, 6.45) is 5.27. The van der Waals surface area contributed by atoms with E-state index in [0.29, 0.717) is 33.1 Å². The Morgan fingerprint density at radius 3 is 2.68 bits per heavy atom. The van der Waals surface area contributed by atoms with Crippen molar-refractivity contribution in [3.63, 3.8) is 0 Å². The predicted octanol–water partition coefficient (Wildman–Crippen LogP) is 1.03. The molecule has 2 amide bonds. The van der Waals surface area contributed by atoms with Gasteiger partial charge in [0.05, 0.1) is 24.4 Å².